The normalized spacial score (nSPS) is 12.2. The number of halogens is 3. The Morgan fingerprint density at radius 1 is 0.929 bits per heavy atom. The summed E-state index contributed by atoms with van der Waals surface area (Å²) in [5.41, 5.74) is 2.88. The van der Waals surface area contributed by atoms with Gasteiger partial charge < -0.3 is 4.52 Å². The van der Waals surface area contributed by atoms with Crippen LogP contribution < -0.4 is 4.72 Å². The van der Waals surface area contributed by atoms with Crippen molar-refractivity contribution in [2.75, 3.05) is 4.72 Å². The number of sulfonamides is 1. The molecule has 1 aromatic heterocycles. The molecule has 3 rings (SSSR count). The first-order chi connectivity index (χ1) is 13.0. The predicted octanol–water partition coefficient (Wildman–Crippen LogP) is 5.09. The summed E-state index contributed by atoms with van der Waals surface area (Å²) in [4.78, 5) is -0.0558. The Hall–Kier alpha value is -2.81. The summed E-state index contributed by atoms with van der Waals surface area (Å²) in [6.07, 6.45) is -4.67. The maximum absolute atomic E-state index is 12.8. The molecular weight excluding hydrogens is 393 g/mol. The Morgan fingerprint density at radius 3 is 2.21 bits per heavy atom. The molecule has 0 fully saturated rings. The lowest BCUT2D eigenvalue weighted by atomic mass is 10.1. The molecule has 0 saturated carbocycles. The van der Waals surface area contributed by atoms with Crippen LogP contribution in [0.5, 0.6) is 0 Å². The zero-order valence-electron chi connectivity index (χ0n) is 15.3. The molecule has 0 aliphatic carbocycles. The molecule has 1 heterocycles. The van der Waals surface area contributed by atoms with Crippen molar-refractivity contribution in [3.05, 3.63) is 64.9 Å². The average molecular weight is 410 g/mol. The number of aryl methyl sites for hydroxylation is 3. The highest BCUT2D eigenvalue weighted by atomic mass is 32.2. The van der Waals surface area contributed by atoms with Crippen molar-refractivity contribution >= 4 is 15.7 Å². The Kier molecular flexibility index (Phi) is 4.97. The molecule has 5 nitrogen and oxygen atoms in total. The number of nitrogens with zero attached hydrogens (tertiary/aromatic N) is 1. The maximum atomic E-state index is 12.8. The molecule has 2 aromatic carbocycles. The van der Waals surface area contributed by atoms with Crippen molar-refractivity contribution < 1.29 is 26.1 Å². The summed E-state index contributed by atoms with van der Waals surface area (Å²) < 4.78 is 70.6. The topological polar surface area (TPSA) is 72.2 Å². The fourth-order valence-electron chi connectivity index (χ4n) is 2.61. The molecule has 0 aliphatic rings. The van der Waals surface area contributed by atoms with Crippen LogP contribution >= 0.6 is 0 Å². The second-order valence-electron chi connectivity index (χ2n) is 6.46. The van der Waals surface area contributed by atoms with Gasteiger partial charge in [-0.2, -0.15) is 13.2 Å². The van der Waals surface area contributed by atoms with Gasteiger partial charge >= 0.3 is 6.18 Å². The molecule has 0 radical (unpaired) electrons. The van der Waals surface area contributed by atoms with E-state index >= 15 is 0 Å². The van der Waals surface area contributed by atoms with Crippen molar-refractivity contribution in [3.8, 4) is 11.3 Å². The number of hydrogen-bond donors (Lipinski definition) is 1. The number of nitrogens with one attached hydrogen (secondary N) is 1. The van der Waals surface area contributed by atoms with E-state index in [4.69, 9.17) is 0 Å². The van der Waals surface area contributed by atoms with Crippen molar-refractivity contribution in [1.82, 2.24) is 5.16 Å². The van der Waals surface area contributed by atoms with E-state index in [0.29, 0.717) is 11.3 Å². The van der Waals surface area contributed by atoms with Crippen molar-refractivity contribution in [2.45, 2.75) is 31.8 Å². The van der Waals surface area contributed by atoms with Gasteiger partial charge in [-0.25, -0.2) is 8.42 Å². The molecule has 0 spiro atoms. The standard InChI is InChI=1S/C19H17F3N2O3S/c1-11-5-7-15(8-13(11)3)24-28(25,26)17-9-14(6-4-12(17)2)16-10-18(27-23-16)19(20,21)22/h4-10,24H,1-3H3. The summed E-state index contributed by atoms with van der Waals surface area (Å²) in [5.74, 6) is -1.25. The van der Waals surface area contributed by atoms with E-state index in [1.54, 1.807) is 25.1 Å². The quantitative estimate of drug-likeness (QED) is 0.651. The van der Waals surface area contributed by atoms with Crippen LogP contribution in [0.2, 0.25) is 0 Å². The lowest BCUT2D eigenvalue weighted by Gasteiger charge is -2.12. The third kappa shape index (κ3) is 4.04. The van der Waals surface area contributed by atoms with Gasteiger partial charge in [0.05, 0.1) is 4.90 Å². The minimum atomic E-state index is -4.67. The fourth-order valence-corrected chi connectivity index (χ4v) is 3.93. The molecule has 28 heavy (non-hydrogen) atoms. The third-order valence-corrected chi connectivity index (χ3v) is 5.85. The zero-order valence-corrected chi connectivity index (χ0v) is 16.1. The Balaban J connectivity index is 1.98. The van der Waals surface area contributed by atoms with Crippen LogP contribution in [0.15, 0.2) is 51.9 Å². The number of benzene rings is 2. The van der Waals surface area contributed by atoms with Crippen molar-refractivity contribution in [3.63, 3.8) is 0 Å². The van der Waals surface area contributed by atoms with E-state index in [2.05, 4.69) is 14.4 Å². The minimum absolute atomic E-state index is 0.0558. The molecule has 0 bridgehead atoms. The number of rotatable bonds is 4. The smallest absolute Gasteiger partial charge is 0.351 e. The van der Waals surface area contributed by atoms with Gasteiger partial charge in [-0.1, -0.05) is 23.4 Å². The fraction of sp³-hybridized carbons (Fsp3) is 0.211. The number of alkyl halides is 3. The van der Waals surface area contributed by atoms with Crippen LogP contribution in [0.3, 0.4) is 0 Å². The number of anilines is 1. The molecule has 0 amide bonds. The molecule has 0 unspecified atom stereocenters. The molecule has 9 heteroatoms. The van der Waals surface area contributed by atoms with Crippen LogP contribution in [-0.4, -0.2) is 13.6 Å². The van der Waals surface area contributed by atoms with Crippen LogP contribution in [0, 0.1) is 20.8 Å². The van der Waals surface area contributed by atoms with E-state index in [1.165, 1.54) is 18.2 Å². The first-order valence-corrected chi connectivity index (χ1v) is 9.71. The van der Waals surface area contributed by atoms with Gasteiger partial charge in [0, 0.05) is 17.3 Å². The Labute approximate surface area is 160 Å². The summed E-state index contributed by atoms with van der Waals surface area (Å²) in [5, 5.41) is 3.40. The predicted molar refractivity (Wildman–Crippen MR) is 98.4 cm³/mol. The first-order valence-electron chi connectivity index (χ1n) is 8.22. The molecule has 0 saturated heterocycles. The molecule has 0 atom stereocenters. The van der Waals surface area contributed by atoms with Gasteiger partial charge in [-0.3, -0.25) is 4.72 Å². The van der Waals surface area contributed by atoms with E-state index in [-0.39, 0.29) is 16.2 Å². The van der Waals surface area contributed by atoms with Crippen LogP contribution in [0.25, 0.3) is 11.3 Å². The number of hydrogen-bond acceptors (Lipinski definition) is 4. The molecule has 1 N–H and O–H groups in total. The average Bonchev–Trinajstić information content (AvgIpc) is 3.08. The van der Waals surface area contributed by atoms with Crippen LogP contribution in [0.4, 0.5) is 18.9 Å². The van der Waals surface area contributed by atoms with Gasteiger partial charge in [0.15, 0.2) is 0 Å². The molecule has 0 aliphatic heterocycles. The van der Waals surface area contributed by atoms with Gasteiger partial charge in [0.1, 0.15) is 5.69 Å². The van der Waals surface area contributed by atoms with Gasteiger partial charge in [0.25, 0.3) is 10.0 Å². The Bertz CT molecular complexity index is 1140. The highest BCUT2D eigenvalue weighted by molar-refractivity contribution is 7.92. The summed E-state index contributed by atoms with van der Waals surface area (Å²) >= 11 is 0. The summed E-state index contributed by atoms with van der Waals surface area (Å²) in [6, 6.07) is 10.2. The van der Waals surface area contributed by atoms with E-state index in [0.717, 1.165) is 17.2 Å². The highest BCUT2D eigenvalue weighted by Gasteiger charge is 2.36. The van der Waals surface area contributed by atoms with E-state index in [9.17, 15) is 21.6 Å². The second kappa shape index (κ2) is 6.97. The van der Waals surface area contributed by atoms with Crippen LogP contribution in [-0.2, 0) is 16.2 Å². The number of aromatic nitrogens is 1. The molecule has 3 aromatic rings. The van der Waals surface area contributed by atoms with E-state index < -0.39 is 22.0 Å². The molecular formula is C19H17F3N2O3S. The largest absolute Gasteiger partial charge is 0.452 e. The van der Waals surface area contributed by atoms with Crippen molar-refractivity contribution in [1.29, 1.82) is 0 Å². The second-order valence-corrected chi connectivity index (χ2v) is 8.11. The SMILES string of the molecule is Cc1ccc(NS(=O)(=O)c2cc(-c3cc(C(F)(F)F)on3)ccc2C)cc1C. The molecule has 148 valence electrons. The lowest BCUT2D eigenvalue weighted by molar-refractivity contribution is -0.155. The monoisotopic (exact) mass is 410 g/mol. The van der Waals surface area contributed by atoms with Gasteiger partial charge in [-0.05, 0) is 55.7 Å². The summed E-state index contributed by atoms with van der Waals surface area (Å²) in [6.45, 7) is 5.37. The van der Waals surface area contributed by atoms with Crippen LogP contribution in [0.1, 0.15) is 22.5 Å². The summed E-state index contributed by atoms with van der Waals surface area (Å²) in [7, 11) is -3.96. The highest BCUT2D eigenvalue weighted by Crippen LogP contribution is 2.33. The maximum Gasteiger partial charge on any atom is 0.452 e. The first kappa shape index (κ1) is 19.9. The van der Waals surface area contributed by atoms with Crippen molar-refractivity contribution in [2.24, 2.45) is 0 Å². The third-order valence-electron chi connectivity index (χ3n) is 4.32. The Morgan fingerprint density at radius 2 is 1.61 bits per heavy atom. The minimum Gasteiger partial charge on any atom is -0.351 e. The van der Waals surface area contributed by atoms with E-state index in [1.807, 2.05) is 13.8 Å². The van der Waals surface area contributed by atoms with Gasteiger partial charge in [-0.15, -0.1) is 0 Å². The zero-order chi connectivity index (χ0) is 20.7. The van der Waals surface area contributed by atoms with Gasteiger partial charge in [0.2, 0.25) is 5.76 Å². The lowest BCUT2D eigenvalue weighted by Crippen LogP contribution is -2.14.